The third kappa shape index (κ3) is 7.63. The van der Waals surface area contributed by atoms with Crippen LogP contribution in [-0.2, 0) is 11.2 Å². The lowest BCUT2D eigenvalue weighted by molar-refractivity contribution is -0.128. The molecule has 1 aliphatic heterocycles. The van der Waals surface area contributed by atoms with Crippen LogP contribution < -0.4 is 10.6 Å². The van der Waals surface area contributed by atoms with Gasteiger partial charge in [-0.2, -0.15) is 0 Å². The molecule has 140 valence electrons. The van der Waals surface area contributed by atoms with Crippen LogP contribution in [0.15, 0.2) is 23.2 Å². The summed E-state index contributed by atoms with van der Waals surface area (Å²) in [5.74, 6) is 0.841. The van der Waals surface area contributed by atoms with Crippen LogP contribution in [-0.4, -0.2) is 49.5 Å². The summed E-state index contributed by atoms with van der Waals surface area (Å²) in [6.45, 7) is 9.84. The van der Waals surface area contributed by atoms with Gasteiger partial charge in [0.05, 0.1) is 0 Å². The number of carbonyl (C=O) groups excluding carboxylic acids is 1. The van der Waals surface area contributed by atoms with E-state index in [2.05, 4.69) is 47.7 Å². The molecule has 1 aliphatic rings. The third-order valence-corrected chi connectivity index (χ3v) is 4.16. The Labute approximate surface area is 168 Å². The Kier molecular flexibility index (Phi) is 9.85. The number of carbonyl (C=O) groups is 1. The molecule has 1 saturated heterocycles. The highest BCUT2D eigenvalue weighted by Gasteiger charge is 2.17. The van der Waals surface area contributed by atoms with E-state index in [0.29, 0.717) is 0 Å². The van der Waals surface area contributed by atoms with E-state index in [0.717, 1.165) is 51.4 Å². The van der Waals surface area contributed by atoms with Crippen molar-refractivity contribution in [2.45, 2.75) is 40.0 Å². The molecule has 0 aliphatic carbocycles. The molecule has 6 heteroatoms. The Bertz CT molecular complexity index is 563. The molecule has 1 heterocycles. The summed E-state index contributed by atoms with van der Waals surface area (Å²) in [6.07, 6.45) is 3.17. The Hall–Kier alpha value is -1.31. The Balaban J connectivity index is 0.00000312. The Morgan fingerprint density at radius 3 is 2.36 bits per heavy atom. The van der Waals surface area contributed by atoms with E-state index in [9.17, 15) is 4.79 Å². The first-order chi connectivity index (χ1) is 11.6. The van der Waals surface area contributed by atoms with Gasteiger partial charge in [0.15, 0.2) is 5.96 Å². The maximum atomic E-state index is 12.1. The molecule has 0 aromatic heterocycles. The maximum Gasteiger partial charge on any atom is 0.244 e. The number of likely N-dealkylation sites (tertiary alicyclic amines) is 1. The van der Waals surface area contributed by atoms with Crippen LogP contribution >= 0.6 is 24.0 Å². The first kappa shape index (κ1) is 21.7. The molecule has 2 rings (SSSR count). The number of hydrogen-bond acceptors (Lipinski definition) is 2. The number of nitrogens with one attached hydrogen (secondary N) is 2. The van der Waals surface area contributed by atoms with E-state index in [1.54, 1.807) is 0 Å². The summed E-state index contributed by atoms with van der Waals surface area (Å²) < 4.78 is 0. The summed E-state index contributed by atoms with van der Waals surface area (Å²) in [5.41, 5.74) is 3.91. The number of aryl methyl sites for hydroxylation is 2. The van der Waals surface area contributed by atoms with Crippen LogP contribution in [0.1, 0.15) is 36.5 Å². The fraction of sp³-hybridized carbons (Fsp3) is 0.579. The van der Waals surface area contributed by atoms with Gasteiger partial charge in [-0.05, 0) is 45.6 Å². The molecule has 5 nitrogen and oxygen atoms in total. The van der Waals surface area contributed by atoms with Crippen molar-refractivity contribution in [1.82, 2.24) is 15.5 Å². The SMILES string of the molecule is CCNC(=NCC(=O)N1CCCC1)NCCc1cc(C)cc(C)c1.I. The minimum absolute atomic E-state index is 0. The highest BCUT2D eigenvalue weighted by atomic mass is 127. The van der Waals surface area contributed by atoms with Crippen molar-refractivity contribution in [3.63, 3.8) is 0 Å². The van der Waals surface area contributed by atoms with E-state index in [4.69, 9.17) is 0 Å². The summed E-state index contributed by atoms with van der Waals surface area (Å²) in [5, 5.41) is 6.53. The van der Waals surface area contributed by atoms with E-state index in [1.807, 2.05) is 11.8 Å². The van der Waals surface area contributed by atoms with Crippen molar-refractivity contribution in [3.05, 3.63) is 34.9 Å². The smallest absolute Gasteiger partial charge is 0.244 e. The quantitative estimate of drug-likeness (QED) is 0.392. The highest BCUT2D eigenvalue weighted by molar-refractivity contribution is 14.0. The van der Waals surface area contributed by atoms with Crippen molar-refractivity contribution in [3.8, 4) is 0 Å². The molecule has 25 heavy (non-hydrogen) atoms. The summed E-state index contributed by atoms with van der Waals surface area (Å²) in [6, 6.07) is 6.62. The summed E-state index contributed by atoms with van der Waals surface area (Å²) >= 11 is 0. The topological polar surface area (TPSA) is 56.7 Å². The van der Waals surface area contributed by atoms with Crippen LogP contribution in [0, 0.1) is 13.8 Å². The van der Waals surface area contributed by atoms with Gasteiger partial charge in [0.2, 0.25) is 5.91 Å². The van der Waals surface area contributed by atoms with E-state index < -0.39 is 0 Å². The molecule has 0 atom stereocenters. The molecule has 0 unspecified atom stereocenters. The van der Waals surface area contributed by atoms with Crippen molar-refractivity contribution >= 4 is 35.8 Å². The van der Waals surface area contributed by atoms with Gasteiger partial charge in [0.25, 0.3) is 0 Å². The first-order valence-corrected chi connectivity index (χ1v) is 8.95. The minimum Gasteiger partial charge on any atom is -0.357 e. The molecule has 1 aromatic rings. The number of benzene rings is 1. The van der Waals surface area contributed by atoms with Crippen LogP contribution in [0.4, 0.5) is 0 Å². The van der Waals surface area contributed by atoms with Gasteiger partial charge in [0.1, 0.15) is 6.54 Å². The van der Waals surface area contributed by atoms with Gasteiger partial charge in [-0.25, -0.2) is 4.99 Å². The molecule has 0 radical (unpaired) electrons. The molecular formula is C19H31IN4O. The normalized spacial score (nSPS) is 14.2. The number of aliphatic imine (C=N–C) groups is 1. The van der Waals surface area contributed by atoms with E-state index in [1.165, 1.54) is 16.7 Å². The van der Waals surface area contributed by atoms with Crippen LogP contribution in [0.25, 0.3) is 0 Å². The van der Waals surface area contributed by atoms with Gasteiger partial charge in [0, 0.05) is 26.2 Å². The minimum atomic E-state index is 0. The number of rotatable bonds is 6. The van der Waals surface area contributed by atoms with Crippen molar-refractivity contribution in [2.75, 3.05) is 32.7 Å². The highest BCUT2D eigenvalue weighted by Crippen LogP contribution is 2.09. The van der Waals surface area contributed by atoms with Crippen molar-refractivity contribution in [1.29, 1.82) is 0 Å². The monoisotopic (exact) mass is 458 g/mol. The average Bonchev–Trinajstić information content (AvgIpc) is 3.06. The largest absolute Gasteiger partial charge is 0.357 e. The van der Waals surface area contributed by atoms with Crippen LogP contribution in [0.3, 0.4) is 0 Å². The number of amides is 1. The van der Waals surface area contributed by atoms with Gasteiger partial charge < -0.3 is 15.5 Å². The maximum absolute atomic E-state index is 12.1. The third-order valence-electron chi connectivity index (χ3n) is 4.16. The predicted molar refractivity (Wildman–Crippen MR) is 115 cm³/mol. The second kappa shape index (κ2) is 11.3. The predicted octanol–water partition coefficient (Wildman–Crippen LogP) is 2.64. The molecule has 1 aromatic carbocycles. The zero-order chi connectivity index (χ0) is 17.4. The standard InChI is InChI=1S/C19H30N4O.HI/c1-4-20-19(22-14-18(24)23-9-5-6-10-23)21-8-7-17-12-15(2)11-16(3)13-17;/h11-13H,4-10,14H2,1-3H3,(H2,20,21,22);1H. The molecule has 2 N–H and O–H groups in total. The van der Waals surface area contributed by atoms with Crippen molar-refractivity contribution in [2.24, 2.45) is 4.99 Å². The van der Waals surface area contributed by atoms with Gasteiger partial charge in [-0.3, -0.25) is 4.79 Å². The molecule has 0 saturated carbocycles. The number of guanidine groups is 1. The van der Waals surface area contributed by atoms with Crippen molar-refractivity contribution < 1.29 is 4.79 Å². The molecule has 0 spiro atoms. The number of hydrogen-bond donors (Lipinski definition) is 2. The fourth-order valence-corrected chi connectivity index (χ4v) is 3.09. The van der Waals surface area contributed by atoms with E-state index >= 15 is 0 Å². The Morgan fingerprint density at radius 1 is 1.12 bits per heavy atom. The van der Waals surface area contributed by atoms with E-state index in [-0.39, 0.29) is 36.4 Å². The van der Waals surface area contributed by atoms with Gasteiger partial charge in [-0.15, -0.1) is 24.0 Å². The summed E-state index contributed by atoms with van der Waals surface area (Å²) in [4.78, 5) is 18.4. The van der Waals surface area contributed by atoms with Crippen LogP contribution in [0.5, 0.6) is 0 Å². The molecule has 0 bridgehead atoms. The zero-order valence-electron chi connectivity index (χ0n) is 15.6. The Morgan fingerprint density at radius 2 is 1.76 bits per heavy atom. The second-order valence-electron chi connectivity index (χ2n) is 6.46. The second-order valence-corrected chi connectivity index (χ2v) is 6.46. The molecule has 1 fully saturated rings. The van der Waals surface area contributed by atoms with Crippen LogP contribution in [0.2, 0.25) is 0 Å². The lowest BCUT2D eigenvalue weighted by atomic mass is 10.1. The fourth-order valence-electron chi connectivity index (χ4n) is 3.09. The molecular weight excluding hydrogens is 427 g/mol. The lowest BCUT2D eigenvalue weighted by Crippen LogP contribution is -2.39. The number of nitrogens with zero attached hydrogens (tertiary/aromatic N) is 2. The van der Waals surface area contributed by atoms with Gasteiger partial charge >= 0.3 is 0 Å². The number of halogens is 1. The average molecular weight is 458 g/mol. The zero-order valence-corrected chi connectivity index (χ0v) is 17.9. The summed E-state index contributed by atoms with van der Waals surface area (Å²) in [7, 11) is 0. The molecule has 1 amide bonds. The van der Waals surface area contributed by atoms with Gasteiger partial charge in [-0.1, -0.05) is 29.3 Å². The lowest BCUT2D eigenvalue weighted by Gasteiger charge is -2.15. The first-order valence-electron chi connectivity index (χ1n) is 8.95.